The van der Waals surface area contributed by atoms with Gasteiger partial charge in [0.1, 0.15) is 0 Å². The van der Waals surface area contributed by atoms with E-state index in [1.54, 1.807) is 13.0 Å². The van der Waals surface area contributed by atoms with E-state index < -0.39 is 23.5 Å². The minimum Gasteiger partial charge on any atom is -0.468 e. The molecule has 29 heavy (non-hydrogen) atoms. The summed E-state index contributed by atoms with van der Waals surface area (Å²) in [6.07, 6.45) is -4.26. The first-order valence-corrected chi connectivity index (χ1v) is 9.85. The van der Waals surface area contributed by atoms with Crippen molar-refractivity contribution in [3.63, 3.8) is 0 Å². The molecule has 0 heterocycles. The van der Waals surface area contributed by atoms with E-state index in [4.69, 9.17) is 23.2 Å². The summed E-state index contributed by atoms with van der Waals surface area (Å²) < 4.78 is 45.2. The van der Waals surface area contributed by atoms with Crippen molar-refractivity contribution >= 4 is 52.3 Å². The van der Waals surface area contributed by atoms with E-state index in [1.165, 1.54) is 37.1 Å². The number of hydrogen-bond donors (Lipinski definition) is 0. The van der Waals surface area contributed by atoms with Crippen molar-refractivity contribution in [1.82, 2.24) is 0 Å². The van der Waals surface area contributed by atoms with Gasteiger partial charge in [0.15, 0.2) is 5.78 Å². The van der Waals surface area contributed by atoms with Gasteiger partial charge in [0, 0.05) is 20.5 Å². The summed E-state index contributed by atoms with van der Waals surface area (Å²) in [4.78, 5) is 24.5. The van der Waals surface area contributed by atoms with Crippen LogP contribution in [0.15, 0.2) is 47.4 Å². The lowest BCUT2D eigenvalue weighted by atomic mass is 10.0. The van der Waals surface area contributed by atoms with E-state index in [0.717, 1.165) is 12.1 Å². The van der Waals surface area contributed by atoms with Crippen LogP contribution in [0.1, 0.15) is 21.5 Å². The number of alkyl halides is 3. The first-order valence-electron chi connectivity index (χ1n) is 8.11. The Morgan fingerprint density at radius 2 is 1.69 bits per heavy atom. The van der Waals surface area contributed by atoms with Crippen molar-refractivity contribution in [1.29, 1.82) is 0 Å². The van der Waals surface area contributed by atoms with E-state index >= 15 is 0 Å². The molecule has 2 aromatic rings. The molecule has 0 aliphatic heterocycles. The van der Waals surface area contributed by atoms with Crippen LogP contribution in [-0.2, 0) is 9.53 Å². The fourth-order valence-corrected chi connectivity index (χ4v) is 3.78. The number of halogens is 5. The summed E-state index contributed by atoms with van der Waals surface area (Å²) in [5, 5.41) is 0.0517. The molecule has 0 saturated heterocycles. The topological polar surface area (TPSA) is 43.4 Å². The van der Waals surface area contributed by atoms with Gasteiger partial charge >= 0.3 is 12.1 Å². The second-order valence-electron chi connectivity index (χ2n) is 5.92. The Hall–Kier alpha value is -1.96. The highest BCUT2D eigenvalue weighted by Gasteiger charge is 2.35. The lowest BCUT2D eigenvalue weighted by molar-refractivity contribution is -0.137. The zero-order valence-electron chi connectivity index (χ0n) is 15.3. The zero-order chi connectivity index (χ0) is 21.8. The van der Waals surface area contributed by atoms with Gasteiger partial charge in [0.2, 0.25) is 0 Å². The molecule has 0 spiro atoms. The molecule has 154 valence electrons. The number of carbonyl (C=O) groups excluding carboxylic acids is 2. The average molecular weight is 463 g/mol. The van der Waals surface area contributed by atoms with Crippen LogP contribution in [0.2, 0.25) is 10.0 Å². The molecule has 3 nitrogen and oxygen atoms in total. The molecular formula is C20H15Cl2F3O3S. The molecule has 0 N–H and O–H groups in total. The number of thioether (sulfide) groups is 1. The number of methoxy groups -OCH3 is 1. The van der Waals surface area contributed by atoms with Gasteiger partial charge in [-0.25, -0.2) is 0 Å². The van der Waals surface area contributed by atoms with Crippen molar-refractivity contribution in [2.24, 2.45) is 0 Å². The molecule has 0 amide bonds. The Morgan fingerprint density at radius 1 is 1.07 bits per heavy atom. The molecule has 0 aliphatic carbocycles. The van der Waals surface area contributed by atoms with Gasteiger partial charge < -0.3 is 4.74 Å². The van der Waals surface area contributed by atoms with Gasteiger partial charge in [-0.1, -0.05) is 23.2 Å². The number of benzene rings is 2. The van der Waals surface area contributed by atoms with Gasteiger partial charge in [-0.05, 0) is 60.5 Å². The highest BCUT2D eigenvalue weighted by molar-refractivity contribution is 8.00. The quantitative estimate of drug-likeness (QED) is 0.215. The number of esters is 1. The number of carbonyl (C=O) groups is 2. The summed E-state index contributed by atoms with van der Waals surface area (Å²) in [5.41, 5.74) is -0.712. The molecule has 2 aromatic carbocycles. The SMILES string of the molecule is COC(=O)CSc1ccc(C(=O)C=C(c2cc(Cl)cc(Cl)c2)C(F)(F)F)cc1C. The van der Waals surface area contributed by atoms with Gasteiger partial charge in [0.25, 0.3) is 0 Å². The summed E-state index contributed by atoms with van der Waals surface area (Å²) in [6, 6.07) is 7.95. The van der Waals surface area contributed by atoms with Crippen LogP contribution in [0, 0.1) is 6.92 Å². The van der Waals surface area contributed by atoms with E-state index in [0.29, 0.717) is 16.5 Å². The van der Waals surface area contributed by atoms with E-state index in [1.807, 2.05) is 0 Å². The first kappa shape index (κ1) is 23.3. The van der Waals surface area contributed by atoms with Crippen molar-refractivity contribution in [2.75, 3.05) is 12.9 Å². The Labute approximate surface area is 179 Å². The largest absolute Gasteiger partial charge is 0.468 e. The Kier molecular flexibility index (Phi) is 7.80. The predicted octanol–water partition coefficient (Wildman–Crippen LogP) is 6.40. The lowest BCUT2D eigenvalue weighted by Crippen LogP contribution is -2.13. The minimum absolute atomic E-state index is 0.0259. The number of allylic oxidation sites excluding steroid dienone is 2. The van der Waals surface area contributed by atoms with E-state index in [-0.39, 0.29) is 26.9 Å². The summed E-state index contributed by atoms with van der Waals surface area (Å²) in [6.45, 7) is 1.70. The van der Waals surface area contributed by atoms with E-state index in [9.17, 15) is 22.8 Å². The first-order chi connectivity index (χ1) is 13.5. The predicted molar refractivity (Wildman–Crippen MR) is 109 cm³/mol. The van der Waals surface area contributed by atoms with Crippen molar-refractivity contribution < 1.29 is 27.5 Å². The van der Waals surface area contributed by atoms with Crippen LogP contribution >= 0.6 is 35.0 Å². The monoisotopic (exact) mass is 462 g/mol. The highest BCUT2D eigenvalue weighted by atomic mass is 35.5. The molecule has 9 heteroatoms. The number of rotatable bonds is 6. The smallest absolute Gasteiger partial charge is 0.417 e. The third kappa shape index (κ3) is 6.52. The molecule has 0 aromatic heterocycles. The fraction of sp³-hybridized carbons (Fsp3) is 0.200. The lowest BCUT2D eigenvalue weighted by Gasteiger charge is -2.13. The van der Waals surface area contributed by atoms with Crippen LogP contribution in [0.5, 0.6) is 0 Å². The third-order valence-corrected chi connectivity index (χ3v) is 5.37. The molecule has 0 aliphatic rings. The maximum absolute atomic E-state index is 13.5. The molecule has 0 unspecified atom stereocenters. The Balaban J connectivity index is 2.36. The Bertz CT molecular complexity index is 952. The third-order valence-electron chi connectivity index (χ3n) is 3.79. The minimum atomic E-state index is -4.78. The maximum atomic E-state index is 13.5. The van der Waals surface area contributed by atoms with Crippen molar-refractivity contribution in [2.45, 2.75) is 18.0 Å². The second kappa shape index (κ2) is 9.69. The molecule has 0 fully saturated rings. The molecular weight excluding hydrogens is 448 g/mol. The second-order valence-corrected chi connectivity index (χ2v) is 7.81. The van der Waals surface area contributed by atoms with Gasteiger partial charge in [-0.2, -0.15) is 13.2 Å². The molecule has 2 rings (SSSR count). The molecule has 0 atom stereocenters. The van der Waals surface area contributed by atoms with Gasteiger partial charge in [-0.15, -0.1) is 11.8 Å². The molecule has 0 saturated carbocycles. The molecule has 0 radical (unpaired) electrons. The van der Waals surface area contributed by atoms with Crippen LogP contribution in [-0.4, -0.2) is 30.8 Å². The maximum Gasteiger partial charge on any atom is 0.417 e. The van der Waals surface area contributed by atoms with Crippen LogP contribution in [0.25, 0.3) is 5.57 Å². The number of hydrogen-bond acceptors (Lipinski definition) is 4. The standard InChI is InChI=1S/C20H15Cl2F3O3S/c1-11-5-12(3-4-18(11)29-10-19(27)28-2)17(26)9-16(20(23,24)25)13-6-14(21)8-15(22)7-13/h3-9H,10H2,1-2H3. The summed E-state index contributed by atoms with van der Waals surface area (Å²) in [5.74, 6) is -1.15. The van der Waals surface area contributed by atoms with Crippen molar-refractivity contribution in [3.8, 4) is 0 Å². The number of ketones is 1. The van der Waals surface area contributed by atoms with Crippen LogP contribution < -0.4 is 0 Å². The normalized spacial score (nSPS) is 12.0. The molecule has 0 bridgehead atoms. The Morgan fingerprint density at radius 3 is 2.21 bits per heavy atom. The van der Waals surface area contributed by atoms with Crippen LogP contribution in [0.4, 0.5) is 13.2 Å². The number of aryl methyl sites for hydroxylation is 1. The van der Waals surface area contributed by atoms with Gasteiger partial charge in [0.05, 0.1) is 18.4 Å². The number of ether oxygens (including phenoxy) is 1. The summed E-state index contributed by atoms with van der Waals surface area (Å²) in [7, 11) is 1.27. The zero-order valence-corrected chi connectivity index (χ0v) is 17.6. The average Bonchev–Trinajstić information content (AvgIpc) is 2.62. The van der Waals surface area contributed by atoms with Gasteiger partial charge in [-0.3, -0.25) is 9.59 Å². The van der Waals surface area contributed by atoms with E-state index in [2.05, 4.69) is 4.74 Å². The van der Waals surface area contributed by atoms with Crippen LogP contribution in [0.3, 0.4) is 0 Å². The fourth-order valence-electron chi connectivity index (χ4n) is 2.41. The van der Waals surface area contributed by atoms with Crippen molar-refractivity contribution in [3.05, 3.63) is 69.2 Å². The summed E-state index contributed by atoms with van der Waals surface area (Å²) >= 11 is 12.8. The highest BCUT2D eigenvalue weighted by Crippen LogP contribution is 2.36.